The van der Waals surface area contributed by atoms with Crippen LogP contribution in [-0.4, -0.2) is 54.7 Å². The molecule has 0 radical (unpaired) electrons. The third kappa shape index (κ3) is 4.28. The van der Waals surface area contributed by atoms with Crippen molar-refractivity contribution in [1.82, 2.24) is 10.2 Å². The number of rotatable bonds is 7. The molecule has 3 rings (SSSR count). The van der Waals surface area contributed by atoms with E-state index < -0.39 is 0 Å². The first kappa shape index (κ1) is 17.2. The predicted molar refractivity (Wildman–Crippen MR) is 94.7 cm³/mol. The highest BCUT2D eigenvalue weighted by Crippen LogP contribution is 2.27. The second kappa shape index (κ2) is 7.53. The zero-order chi connectivity index (χ0) is 17.8. The number of likely N-dealkylation sites (N-methyl/N-ethyl adjacent to an activating group) is 1. The smallest absolute Gasteiger partial charge is 0.258 e. The number of hydrogen-bond donors (Lipinski definition) is 2. The number of nitrogens with zero attached hydrogens (tertiary/aromatic N) is 1. The van der Waals surface area contributed by atoms with Crippen molar-refractivity contribution in [3.8, 4) is 5.75 Å². The van der Waals surface area contributed by atoms with Gasteiger partial charge < -0.3 is 20.1 Å². The van der Waals surface area contributed by atoms with Gasteiger partial charge in [-0.25, -0.2) is 0 Å². The highest BCUT2D eigenvalue weighted by molar-refractivity contribution is 6.01. The normalized spacial score (nSPS) is 13.5. The maximum atomic E-state index is 12.7. The molecule has 1 saturated carbocycles. The maximum Gasteiger partial charge on any atom is 0.258 e. The van der Waals surface area contributed by atoms with Gasteiger partial charge in [0.15, 0.2) is 6.61 Å². The highest BCUT2D eigenvalue weighted by atomic mass is 16.5. The number of fused-ring (bicyclic) bond motifs is 1. The topological polar surface area (TPSA) is 78.9 Å². The fraction of sp³-hybridized carbons (Fsp3) is 0.368. The van der Waals surface area contributed by atoms with E-state index in [1.807, 2.05) is 24.3 Å². The molecule has 2 amide bonds. The zero-order valence-electron chi connectivity index (χ0n) is 14.2. The first-order chi connectivity index (χ1) is 12.1. The summed E-state index contributed by atoms with van der Waals surface area (Å²) >= 11 is 0. The summed E-state index contributed by atoms with van der Waals surface area (Å²) < 4.78 is 5.66. The molecule has 25 heavy (non-hydrogen) atoms. The largest absolute Gasteiger partial charge is 0.483 e. The van der Waals surface area contributed by atoms with Crippen molar-refractivity contribution in [2.45, 2.75) is 18.9 Å². The number of benzene rings is 2. The molecule has 1 fully saturated rings. The Kier molecular flexibility index (Phi) is 5.19. The van der Waals surface area contributed by atoms with Crippen LogP contribution in [0.4, 0.5) is 0 Å². The first-order valence-corrected chi connectivity index (χ1v) is 8.40. The second-order valence-electron chi connectivity index (χ2n) is 6.28. The van der Waals surface area contributed by atoms with Crippen molar-refractivity contribution in [2.24, 2.45) is 0 Å². The fourth-order valence-electron chi connectivity index (χ4n) is 2.60. The van der Waals surface area contributed by atoms with Gasteiger partial charge in [-0.05, 0) is 35.7 Å². The van der Waals surface area contributed by atoms with Crippen LogP contribution in [0.1, 0.15) is 23.2 Å². The van der Waals surface area contributed by atoms with Gasteiger partial charge in [0.1, 0.15) is 5.75 Å². The van der Waals surface area contributed by atoms with E-state index in [9.17, 15) is 9.59 Å². The number of nitrogens with one attached hydrogen (secondary N) is 1. The molecule has 0 saturated heterocycles. The molecule has 2 aromatic carbocycles. The van der Waals surface area contributed by atoms with Crippen LogP contribution in [0.2, 0.25) is 0 Å². The Morgan fingerprint density at radius 2 is 1.92 bits per heavy atom. The molecule has 0 heterocycles. The molecule has 6 nitrogen and oxygen atoms in total. The van der Waals surface area contributed by atoms with Crippen LogP contribution in [0.5, 0.6) is 5.75 Å². The van der Waals surface area contributed by atoms with E-state index in [0.717, 1.165) is 23.6 Å². The van der Waals surface area contributed by atoms with Crippen LogP contribution in [-0.2, 0) is 4.79 Å². The number of aliphatic hydroxyl groups excluding tert-OH is 1. The molecule has 2 aromatic rings. The van der Waals surface area contributed by atoms with Crippen LogP contribution >= 0.6 is 0 Å². The molecule has 132 valence electrons. The quantitative estimate of drug-likeness (QED) is 0.800. The maximum absolute atomic E-state index is 12.7. The second-order valence-corrected chi connectivity index (χ2v) is 6.28. The van der Waals surface area contributed by atoms with Gasteiger partial charge in [0, 0.05) is 19.6 Å². The number of ether oxygens (including phenoxy) is 1. The van der Waals surface area contributed by atoms with Crippen molar-refractivity contribution < 1.29 is 19.4 Å². The van der Waals surface area contributed by atoms with Crippen molar-refractivity contribution in [2.75, 3.05) is 26.8 Å². The number of aliphatic hydroxyl groups is 1. The van der Waals surface area contributed by atoms with Crippen LogP contribution in [0.15, 0.2) is 36.4 Å². The van der Waals surface area contributed by atoms with Gasteiger partial charge in [-0.1, -0.05) is 24.3 Å². The molecule has 0 unspecified atom stereocenters. The minimum atomic E-state index is -0.252. The Bertz CT molecular complexity index is 786. The highest BCUT2D eigenvalue weighted by Gasteiger charge is 2.24. The average molecular weight is 342 g/mol. The Labute approximate surface area is 146 Å². The van der Waals surface area contributed by atoms with E-state index in [-0.39, 0.29) is 37.6 Å². The van der Waals surface area contributed by atoms with Gasteiger partial charge in [0.2, 0.25) is 0 Å². The van der Waals surface area contributed by atoms with Crippen molar-refractivity contribution in [1.29, 1.82) is 0 Å². The Balaban J connectivity index is 1.85. The van der Waals surface area contributed by atoms with Gasteiger partial charge in [-0.2, -0.15) is 0 Å². The number of hydrogen-bond acceptors (Lipinski definition) is 4. The van der Waals surface area contributed by atoms with Gasteiger partial charge in [0.25, 0.3) is 11.8 Å². The minimum absolute atomic E-state index is 0.115. The third-order valence-corrected chi connectivity index (χ3v) is 4.16. The lowest BCUT2D eigenvalue weighted by molar-refractivity contribution is -0.123. The van der Waals surface area contributed by atoms with E-state index in [1.54, 1.807) is 19.2 Å². The molecular weight excluding hydrogens is 320 g/mol. The Morgan fingerprint density at radius 1 is 1.24 bits per heavy atom. The van der Waals surface area contributed by atoms with Crippen molar-refractivity contribution in [3.05, 3.63) is 42.0 Å². The molecule has 0 bridgehead atoms. The summed E-state index contributed by atoms with van der Waals surface area (Å²) in [6.45, 7) is -0.0120. The molecule has 0 aliphatic heterocycles. The molecule has 6 heteroatoms. The number of carbonyl (C=O) groups is 2. The number of carbonyl (C=O) groups excluding carboxylic acids is 2. The van der Waals surface area contributed by atoms with Gasteiger partial charge >= 0.3 is 0 Å². The third-order valence-electron chi connectivity index (χ3n) is 4.16. The fourth-order valence-corrected chi connectivity index (χ4v) is 2.60. The van der Waals surface area contributed by atoms with E-state index in [1.165, 1.54) is 4.90 Å². The molecule has 0 spiro atoms. The van der Waals surface area contributed by atoms with E-state index >= 15 is 0 Å². The standard InChI is InChI=1S/C19H22N2O4/c1-21(8-9-22)19(24)16-10-13-4-2-3-5-14(13)11-17(16)25-12-18(23)20-15-6-7-15/h2-5,10-11,15,22H,6-9,12H2,1H3,(H,20,23). The predicted octanol–water partition coefficient (Wildman–Crippen LogP) is 1.56. The van der Waals surface area contributed by atoms with Crippen LogP contribution in [0, 0.1) is 0 Å². The van der Waals surface area contributed by atoms with Gasteiger partial charge in [-0.3, -0.25) is 9.59 Å². The molecule has 1 aliphatic carbocycles. The zero-order valence-corrected chi connectivity index (χ0v) is 14.2. The summed E-state index contributed by atoms with van der Waals surface area (Å²) in [5.74, 6) is -0.0605. The van der Waals surface area contributed by atoms with Crippen molar-refractivity contribution in [3.63, 3.8) is 0 Å². The van der Waals surface area contributed by atoms with Crippen LogP contribution in [0.3, 0.4) is 0 Å². The van der Waals surface area contributed by atoms with Crippen LogP contribution in [0.25, 0.3) is 10.8 Å². The van der Waals surface area contributed by atoms with Crippen molar-refractivity contribution >= 4 is 22.6 Å². The molecular formula is C19H22N2O4. The summed E-state index contributed by atoms with van der Waals surface area (Å²) in [5, 5.41) is 13.8. The average Bonchev–Trinajstić information content (AvgIpc) is 3.42. The lowest BCUT2D eigenvalue weighted by Crippen LogP contribution is -2.32. The monoisotopic (exact) mass is 342 g/mol. The summed E-state index contributed by atoms with van der Waals surface area (Å²) in [6, 6.07) is 11.5. The molecule has 0 aromatic heterocycles. The van der Waals surface area contributed by atoms with Crippen LogP contribution < -0.4 is 10.1 Å². The molecule has 0 atom stereocenters. The Morgan fingerprint density at radius 3 is 2.56 bits per heavy atom. The summed E-state index contributed by atoms with van der Waals surface area (Å²) in [4.78, 5) is 26.0. The minimum Gasteiger partial charge on any atom is -0.483 e. The molecule has 2 N–H and O–H groups in total. The lowest BCUT2D eigenvalue weighted by Gasteiger charge is -2.19. The van der Waals surface area contributed by atoms with Gasteiger partial charge in [-0.15, -0.1) is 0 Å². The summed E-state index contributed by atoms with van der Waals surface area (Å²) in [7, 11) is 1.62. The molecule has 1 aliphatic rings. The SMILES string of the molecule is CN(CCO)C(=O)c1cc2ccccc2cc1OCC(=O)NC1CC1. The first-order valence-electron chi connectivity index (χ1n) is 8.40. The van der Waals surface area contributed by atoms with Gasteiger partial charge in [0.05, 0.1) is 12.2 Å². The van der Waals surface area contributed by atoms with E-state index in [4.69, 9.17) is 9.84 Å². The Hall–Kier alpha value is -2.60. The number of amides is 2. The van der Waals surface area contributed by atoms with E-state index in [0.29, 0.717) is 11.3 Å². The summed E-state index contributed by atoms with van der Waals surface area (Å²) in [6.07, 6.45) is 2.02. The lowest BCUT2D eigenvalue weighted by atomic mass is 10.0. The van der Waals surface area contributed by atoms with E-state index in [2.05, 4.69) is 5.32 Å². The summed E-state index contributed by atoms with van der Waals surface area (Å²) in [5.41, 5.74) is 0.383.